The Morgan fingerprint density at radius 1 is 0.952 bits per heavy atom. The smallest absolute Gasteiger partial charge is 0.125 e. The predicted molar refractivity (Wildman–Crippen MR) is 89.4 cm³/mol. The lowest BCUT2D eigenvalue weighted by Crippen LogP contribution is -2.19. The van der Waals surface area contributed by atoms with Gasteiger partial charge in [0.25, 0.3) is 0 Å². The maximum atomic E-state index is 6.06. The van der Waals surface area contributed by atoms with Gasteiger partial charge in [0, 0.05) is 16.6 Å². The van der Waals surface area contributed by atoms with Gasteiger partial charge in [-0.05, 0) is 43.6 Å². The van der Waals surface area contributed by atoms with Crippen LogP contribution in [0.5, 0.6) is 5.75 Å². The molecule has 2 nitrogen and oxygen atoms in total. The van der Waals surface area contributed by atoms with Crippen LogP contribution in [0.25, 0.3) is 0 Å². The molecule has 1 saturated heterocycles. The Labute approximate surface area is 134 Å². The molecule has 1 aliphatic heterocycles. The third kappa shape index (κ3) is 3.86. The Hall–Kier alpha value is -1.32. The summed E-state index contributed by atoms with van der Waals surface area (Å²) in [6.07, 6.45) is 2.62. The van der Waals surface area contributed by atoms with Gasteiger partial charge in [-0.2, -0.15) is 0 Å². The second kappa shape index (κ2) is 7.10. The second-order valence-corrected chi connectivity index (χ2v) is 6.33. The van der Waals surface area contributed by atoms with E-state index in [-0.39, 0.29) is 0 Å². The summed E-state index contributed by atoms with van der Waals surface area (Å²) >= 11 is 3.67. The second-order valence-electron chi connectivity index (χ2n) is 5.47. The lowest BCUT2D eigenvalue weighted by molar-refractivity contribution is 0.285. The summed E-state index contributed by atoms with van der Waals surface area (Å²) in [4.78, 5) is 2.50. The minimum atomic E-state index is 0.615. The number of benzene rings is 2. The van der Waals surface area contributed by atoms with Gasteiger partial charge in [0.1, 0.15) is 12.4 Å². The molecule has 2 aromatic rings. The first-order valence-corrected chi connectivity index (χ1v) is 8.29. The monoisotopic (exact) mass is 345 g/mol. The Balaban J connectivity index is 1.73. The third-order valence-electron chi connectivity index (χ3n) is 3.89. The molecule has 3 rings (SSSR count). The minimum Gasteiger partial charge on any atom is -0.489 e. The molecule has 1 fully saturated rings. The predicted octanol–water partition coefficient (Wildman–Crippen LogP) is 4.62. The molecule has 0 radical (unpaired) electrons. The van der Waals surface area contributed by atoms with Crippen molar-refractivity contribution in [1.82, 2.24) is 4.90 Å². The molecular formula is C18H20BrNO. The molecule has 3 heteroatoms. The van der Waals surface area contributed by atoms with Gasteiger partial charge in [0.15, 0.2) is 0 Å². The molecule has 110 valence electrons. The van der Waals surface area contributed by atoms with E-state index in [1.165, 1.54) is 37.1 Å². The van der Waals surface area contributed by atoms with Crippen LogP contribution in [0.4, 0.5) is 0 Å². The fourth-order valence-corrected chi connectivity index (χ4v) is 3.20. The quantitative estimate of drug-likeness (QED) is 0.783. The van der Waals surface area contributed by atoms with Crippen molar-refractivity contribution in [3.63, 3.8) is 0 Å². The van der Waals surface area contributed by atoms with E-state index in [1.807, 2.05) is 24.3 Å². The summed E-state index contributed by atoms with van der Waals surface area (Å²) in [5.41, 5.74) is 2.46. The van der Waals surface area contributed by atoms with E-state index in [0.29, 0.717) is 6.61 Å². The van der Waals surface area contributed by atoms with Crippen molar-refractivity contribution in [2.45, 2.75) is 26.0 Å². The fraction of sp³-hybridized carbons (Fsp3) is 0.333. The van der Waals surface area contributed by atoms with Crippen molar-refractivity contribution in [3.8, 4) is 5.75 Å². The van der Waals surface area contributed by atoms with Crippen LogP contribution in [0.15, 0.2) is 53.0 Å². The molecule has 1 aliphatic rings. The SMILES string of the molecule is Brc1cccc(OCc2ccccc2)c1CN1CCCC1. The highest BCUT2D eigenvalue weighted by Crippen LogP contribution is 2.29. The first kappa shape index (κ1) is 14.6. The summed E-state index contributed by atoms with van der Waals surface area (Å²) in [6.45, 7) is 3.97. The molecule has 1 heterocycles. The largest absolute Gasteiger partial charge is 0.489 e. The number of likely N-dealkylation sites (tertiary alicyclic amines) is 1. The topological polar surface area (TPSA) is 12.5 Å². The van der Waals surface area contributed by atoms with Gasteiger partial charge in [0.05, 0.1) is 0 Å². The maximum absolute atomic E-state index is 6.06. The first-order valence-electron chi connectivity index (χ1n) is 7.49. The van der Waals surface area contributed by atoms with Crippen LogP contribution in [0, 0.1) is 0 Å². The fourth-order valence-electron chi connectivity index (χ4n) is 2.73. The Morgan fingerprint density at radius 2 is 1.71 bits per heavy atom. The molecule has 0 saturated carbocycles. The molecule has 2 aromatic carbocycles. The van der Waals surface area contributed by atoms with E-state index in [4.69, 9.17) is 4.74 Å². The van der Waals surface area contributed by atoms with Crippen LogP contribution < -0.4 is 4.74 Å². The van der Waals surface area contributed by atoms with Crippen molar-refractivity contribution in [2.75, 3.05) is 13.1 Å². The van der Waals surface area contributed by atoms with Crippen LogP contribution in [-0.4, -0.2) is 18.0 Å². The van der Waals surface area contributed by atoms with Crippen molar-refractivity contribution >= 4 is 15.9 Å². The molecule has 0 spiro atoms. The van der Waals surface area contributed by atoms with Crippen LogP contribution in [0.1, 0.15) is 24.0 Å². The summed E-state index contributed by atoms with van der Waals surface area (Å²) < 4.78 is 7.20. The third-order valence-corrected chi connectivity index (χ3v) is 4.64. The van der Waals surface area contributed by atoms with Gasteiger partial charge < -0.3 is 4.74 Å². The average molecular weight is 346 g/mol. The van der Waals surface area contributed by atoms with Crippen LogP contribution in [0.2, 0.25) is 0 Å². The van der Waals surface area contributed by atoms with Crippen molar-refractivity contribution in [3.05, 3.63) is 64.1 Å². The van der Waals surface area contributed by atoms with E-state index in [2.05, 4.69) is 45.1 Å². The lowest BCUT2D eigenvalue weighted by Gasteiger charge is -2.19. The summed E-state index contributed by atoms with van der Waals surface area (Å²) in [7, 11) is 0. The van der Waals surface area contributed by atoms with Crippen LogP contribution in [0.3, 0.4) is 0 Å². The number of ether oxygens (including phenoxy) is 1. The highest BCUT2D eigenvalue weighted by molar-refractivity contribution is 9.10. The molecule has 0 amide bonds. The molecule has 0 aliphatic carbocycles. The number of rotatable bonds is 5. The zero-order valence-electron chi connectivity index (χ0n) is 12.1. The average Bonchev–Trinajstić information content (AvgIpc) is 3.02. The maximum Gasteiger partial charge on any atom is 0.125 e. The molecule has 0 aromatic heterocycles. The van der Waals surface area contributed by atoms with Crippen LogP contribution >= 0.6 is 15.9 Å². The standard InChI is InChI=1S/C18H20BrNO/c19-17-9-6-10-18(16(17)13-20-11-4-5-12-20)21-14-15-7-2-1-3-8-15/h1-3,6-10H,4-5,11-14H2. The van der Waals surface area contributed by atoms with Gasteiger partial charge >= 0.3 is 0 Å². The lowest BCUT2D eigenvalue weighted by atomic mass is 10.2. The number of hydrogen-bond donors (Lipinski definition) is 0. The van der Waals surface area contributed by atoms with Crippen molar-refractivity contribution in [2.24, 2.45) is 0 Å². The normalized spacial score (nSPS) is 15.3. The van der Waals surface area contributed by atoms with Crippen molar-refractivity contribution < 1.29 is 4.74 Å². The van der Waals surface area contributed by atoms with E-state index >= 15 is 0 Å². The van der Waals surface area contributed by atoms with Crippen molar-refractivity contribution in [1.29, 1.82) is 0 Å². The summed E-state index contributed by atoms with van der Waals surface area (Å²) in [5, 5.41) is 0. The van der Waals surface area contributed by atoms with E-state index < -0.39 is 0 Å². The molecule has 0 N–H and O–H groups in total. The Kier molecular flexibility index (Phi) is 4.94. The molecule has 21 heavy (non-hydrogen) atoms. The molecule has 0 unspecified atom stereocenters. The van der Waals surface area contributed by atoms with E-state index in [1.54, 1.807) is 0 Å². The van der Waals surface area contributed by atoms with Gasteiger partial charge in [-0.15, -0.1) is 0 Å². The molecular weight excluding hydrogens is 326 g/mol. The molecule has 0 bridgehead atoms. The summed E-state index contributed by atoms with van der Waals surface area (Å²) in [6, 6.07) is 16.5. The van der Waals surface area contributed by atoms with E-state index in [0.717, 1.165) is 16.8 Å². The van der Waals surface area contributed by atoms with Gasteiger partial charge in [-0.25, -0.2) is 0 Å². The van der Waals surface area contributed by atoms with Gasteiger partial charge in [-0.3, -0.25) is 4.90 Å². The number of hydrogen-bond acceptors (Lipinski definition) is 2. The first-order chi connectivity index (χ1) is 10.3. The Morgan fingerprint density at radius 3 is 2.48 bits per heavy atom. The molecule has 0 atom stereocenters. The number of nitrogens with zero attached hydrogens (tertiary/aromatic N) is 1. The van der Waals surface area contributed by atoms with Crippen LogP contribution in [-0.2, 0) is 13.2 Å². The number of halogens is 1. The van der Waals surface area contributed by atoms with Gasteiger partial charge in [0.2, 0.25) is 0 Å². The minimum absolute atomic E-state index is 0.615. The summed E-state index contributed by atoms with van der Waals surface area (Å²) in [5.74, 6) is 0.986. The van der Waals surface area contributed by atoms with Gasteiger partial charge in [-0.1, -0.05) is 52.3 Å². The van der Waals surface area contributed by atoms with E-state index in [9.17, 15) is 0 Å². The zero-order chi connectivity index (χ0) is 14.5. The Bertz CT molecular complexity index is 579. The highest BCUT2D eigenvalue weighted by atomic mass is 79.9. The highest BCUT2D eigenvalue weighted by Gasteiger charge is 2.16. The zero-order valence-corrected chi connectivity index (χ0v) is 13.7.